The van der Waals surface area contributed by atoms with Crippen LogP contribution in [0.4, 0.5) is 24.5 Å². The zero-order chi connectivity index (χ0) is 23.4. The second kappa shape index (κ2) is 10.2. The molecular formula is C24H22ClF3N2O2S. The first-order valence-corrected chi connectivity index (χ1v) is 12.0. The van der Waals surface area contributed by atoms with E-state index >= 15 is 0 Å². The summed E-state index contributed by atoms with van der Waals surface area (Å²) in [7, 11) is -1.66. The number of anilines is 2. The van der Waals surface area contributed by atoms with E-state index in [-0.39, 0.29) is 4.90 Å². The van der Waals surface area contributed by atoms with Crippen molar-refractivity contribution in [1.29, 1.82) is 0 Å². The Morgan fingerprint density at radius 2 is 1.73 bits per heavy atom. The summed E-state index contributed by atoms with van der Waals surface area (Å²) < 4.78 is 56.6. The van der Waals surface area contributed by atoms with Gasteiger partial charge < -0.3 is 9.64 Å². The summed E-state index contributed by atoms with van der Waals surface area (Å²) in [5.41, 5.74) is 4.65. The quantitative estimate of drug-likeness (QED) is 0.399. The van der Waals surface area contributed by atoms with Crippen LogP contribution in [0.2, 0.25) is 5.02 Å². The third-order valence-corrected chi connectivity index (χ3v) is 6.71. The smallest absolute Gasteiger partial charge is 0.406 e. The lowest BCUT2D eigenvalue weighted by molar-refractivity contribution is -0.274. The summed E-state index contributed by atoms with van der Waals surface area (Å²) in [6, 6.07) is 19.3. The fourth-order valence-electron chi connectivity index (χ4n) is 3.90. The molecule has 1 N–H and O–H groups in total. The molecule has 1 unspecified atom stereocenters. The minimum atomic E-state index is -4.80. The maximum atomic E-state index is 12.5. The number of rotatable bonds is 7. The normalized spacial score (nSPS) is 14.2. The highest BCUT2D eigenvalue weighted by Gasteiger charge is 2.31. The van der Waals surface area contributed by atoms with Crippen molar-refractivity contribution in [3.05, 3.63) is 82.9 Å². The van der Waals surface area contributed by atoms with Gasteiger partial charge in [-0.25, -0.2) is 8.93 Å². The number of hydrogen-bond donors (Lipinski definition) is 1. The molecule has 0 fully saturated rings. The maximum absolute atomic E-state index is 12.5. The topological polar surface area (TPSA) is 41.6 Å². The number of halogens is 4. The van der Waals surface area contributed by atoms with Gasteiger partial charge in [0.05, 0.1) is 4.90 Å². The molecule has 33 heavy (non-hydrogen) atoms. The molecule has 0 aliphatic carbocycles. The van der Waals surface area contributed by atoms with Crippen molar-refractivity contribution in [3.63, 3.8) is 0 Å². The van der Waals surface area contributed by atoms with Gasteiger partial charge >= 0.3 is 6.36 Å². The Morgan fingerprint density at radius 1 is 0.970 bits per heavy atom. The molecule has 4 rings (SSSR count). The third-order valence-electron chi connectivity index (χ3n) is 5.33. The van der Waals surface area contributed by atoms with Crippen LogP contribution in [0.25, 0.3) is 0 Å². The van der Waals surface area contributed by atoms with Crippen LogP contribution in [0.5, 0.6) is 5.75 Å². The molecule has 9 heteroatoms. The first-order chi connectivity index (χ1) is 15.8. The minimum Gasteiger partial charge on any atom is -0.406 e. The van der Waals surface area contributed by atoms with Crippen molar-refractivity contribution in [2.24, 2.45) is 0 Å². The molecule has 1 aliphatic heterocycles. The third kappa shape index (κ3) is 6.07. The second-order valence-corrected chi connectivity index (χ2v) is 9.33. The Kier molecular flexibility index (Phi) is 7.26. The Balaban J connectivity index is 1.42. The number of nitrogens with zero attached hydrogens (tertiary/aromatic N) is 1. The highest BCUT2D eigenvalue weighted by molar-refractivity contribution is 7.83. The molecule has 1 heterocycles. The number of para-hydroxylation sites is 1. The monoisotopic (exact) mass is 494 g/mol. The average Bonchev–Trinajstić information content (AvgIpc) is 2.92. The van der Waals surface area contributed by atoms with Crippen LogP contribution >= 0.6 is 11.6 Å². The van der Waals surface area contributed by atoms with Crippen LogP contribution in [0.3, 0.4) is 0 Å². The number of ether oxygens (including phenoxy) is 1. The van der Waals surface area contributed by atoms with Gasteiger partial charge in [0.2, 0.25) is 0 Å². The van der Waals surface area contributed by atoms with Crippen molar-refractivity contribution in [1.82, 2.24) is 4.72 Å². The van der Waals surface area contributed by atoms with Crippen LogP contribution in [0, 0.1) is 0 Å². The van der Waals surface area contributed by atoms with Gasteiger partial charge in [-0.2, -0.15) is 0 Å². The molecule has 1 atom stereocenters. The Bertz CT molecular complexity index is 1160. The van der Waals surface area contributed by atoms with Crippen molar-refractivity contribution in [2.75, 3.05) is 18.0 Å². The Morgan fingerprint density at radius 3 is 2.52 bits per heavy atom. The largest absolute Gasteiger partial charge is 0.573 e. The minimum absolute atomic E-state index is 0.217. The van der Waals surface area contributed by atoms with Gasteiger partial charge in [0, 0.05) is 29.5 Å². The molecule has 174 valence electrons. The lowest BCUT2D eigenvalue weighted by Gasteiger charge is -2.27. The van der Waals surface area contributed by atoms with E-state index in [0.29, 0.717) is 24.5 Å². The maximum Gasteiger partial charge on any atom is 0.573 e. The number of fused-ring (bicyclic) bond motifs is 2. The average molecular weight is 495 g/mol. The first kappa shape index (κ1) is 23.6. The summed E-state index contributed by atoms with van der Waals surface area (Å²) in [5, 5.41) is 0.665. The van der Waals surface area contributed by atoms with E-state index in [1.807, 2.05) is 24.3 Å². The van der Waals surface area contributed by atoms with Crippen LogP contribution in [-0.2, 0) is 23.8 Å². The van der Waals surface area contributed by atoms with Crippen LogP contribution < -0.4 is 14.4 Å². The molecule has 0 bridgehead atoms. The molecule has 0 saturated carbocycles. The van der Waals surface area contributed by atoms with E-state index in [4.69, 9.17) is 11.6 Å². The predicted molar refractivity (Wildman–Crippen MR) is 124 cm³/mol. The fourth-order valence-corrected chi connectivity index (χ4v) is 4.99. The highest BCUT2D eigenvalue weighted by atomic mass is 35.5. The molecular weight excluding hydrogens is 473 g/mol. The van der Waals surface area contributed by atoms with E-state index in [1.54, 1.807) is 0 Å². The summed E-state index contributed by atoms with van der Waals surface area (Å²) in [6.45, 7) is 1.07. The summed E-state index contributed by atoms with van der Waals surface area (Å²) >= 11 is 6.29. The number of hydrogen-bond acceptors (Lipinski definition) is 3. The van der Waals surface area contributed by atoms with Gasteiger partial charge in [-0.15, -0.1) is 13.2 Å². The summed E-state index contributed by atoms with van der Waals surface area (Å²) in [4.78, 5) is 2.44. The lowest BCUT2D eigenvalue weighted by Crippen LogP contribution is -2.25. The van der Waals surface area contributed by atoms with Gasteiger partial charge in [-0.05, 0) is 66.8 Å². The molecule has 3 aromatic rings. The predicted octanol–water partition coefficient (Wildman–Crippen LogP) is 6.18. The van der Waals surface area contributed by atoms with Gasteiger partial charge in [0.1, 0.15) is 16.7 Å². The van der Waals surface area contributed by atoms with Crippen molar-refractivity contribution in [2.45, 2.75) is 30.5 Å². The lowest BCUT2D eigenvalue weighted by atomic mass is 10.0. The molecule has 0 saturated heterocycles. The summed E-state index contributed by atoms with van der Waals surface area (Å²) in [6.07, 6.45) is -2.29. The van der Waals surface area contributed by atoms with Crippen LogP contribution in [-0.4, -0.2) is 23.7 Å². The number of aryl methyl sites for hydroxylation is 2. The standard InChI is InChI=1S/C24H22ClF3N2O2S/c25-19-12-11-18-10-9-17-5-1-2-8-22(17)30(23(18)15-19)14-4-13-29-33(31)21-7-3-6-20(16-21)32-24(26,27)28/h1-3,5-8,11-12,15-16,29H,4,9-10,13-14H2. The zero-order valence-corrected chi connectivity index (χ0v) is 19.1. The van der Waals surface area contributed by atoms with Crippen molar-refractivity contribution >= 4 is 34.0 Å². The molecule has 0 aromatic heterocycles. The fraction of sp³-hybridized carbons (Fsp3) is 0.250. The second-order valence-electron chi connectivity index (χ2n) is 7.59. The van der Waals surface area contributed by atoms with Gasteiger partial charge in [0.25, 0.3) is 0 Å². The van der Waals surface area contributed by atoms with E-state index < -0.39 is 23.1 Å². The zero-order valence-electron chi connectivity index (χ0n) is 17.6. The van der Waals surface area contributed by atoms with E-state index in [2.05, 4.69) is 32.6 Å². The number of nitrogens with one attached hydrogen (secondary N) is 1. The summed E-state index contributed by atoms with van der Waals surface area (Å²) in [5.74, 6) is -0.398. The molecule has 0 amide bonds. The van der Waals surface area contributed by atoms with Crippen LogP contribution in [0.15, 0.2) is 71.6 Å². The van der Waals surface area contributed by atoms with E-state index in [9.17, 15) is 17.4 Å². The van der Waals surface area contributed by atoms with Crippen molar-refractivity contribution in [3.8, 4) is 5.75 Å². The van der Waals surface area contributed by atoms with Gasteiger partial charge in [-0.3, -0.25) is 0 Å². The van der Waals surface area contributed by atoms with E-state index in [0.717, 1.165) is 30.3 Å². The van der Waals surface area contributed by atoms with Crippen LogP contribution in [0.1, 0.15) is 17.5 Å². The number of alkyl halides is 3. The van der Waals surface area contributed by atoms with E-state index in [1.165, 1.54) is 29.3 Å². The SMILES string of the molecule is O=S(NCCCN1c2ccccc2CCc2ccc(Cl)cc21)c1cccc(OC(F)(F)F)c1. The molecule has 1 aliphatic rings. The Labute approximate surface area is 197 Å². The highest BCUT2D eigenvalue weighted by Crippen LogP contribution is 2.37. The van der Waals surface area contributed by atoms with Crippen molar-refractivity contribution < 1.29 is 22.1 Å². The first-order valence-electron chi connectivity index (χ1n) is 10.4. The molecule has 0 radical (unpaired) electrons. The van der Waals surface area contributed by atoms with Gasteiger partial charge in [-0.1, -0.05) is 41.9 Å². The molecule has 0 spiro atoms. The van der Waals surface area contributed by atoms with Gasteiger partial charge in [0.15, 0.2) is 0 Å². The Hall–Kier alpha value is -2.55. The molecule has 3 aromatic carbocycles. The number of benzene rings is 3. The molecule has 4 nitrogen and oxygen atoms in total.